The lowest BCUT2D eigenvalue weighted by Gasteiger charge is -2.33. The molecule has 0 spiro atoms. The van der Waals surface area contributed by atoms with E-state index in [1.54, 1.807) is 7.05 Å². The summed E-state index contributed by atoms with van der Waals surface area (Å²) >= 11 is 0. The maximum Gasteiger partial charge on any atom is 0.229 e. The van der Waals surface area contributed by atoms with Crippen molar-refractivity contribution in [3.05, 3.63) is 30.5 Å². The van der Waals surface area contributed by atoms with Gasteiger partial charge in [-0.3, -0.25) is 9.36 Å². The molecule has 4 atom stereocenters. The van der Waals surface area contributed by atoms with Gasteiger partial charge in [-0.1, -0.05) is 0 Å². The number of oxazole rings is 1. The molecular formula is C19H19N7O4. The molecule has 3 heterocycles. The van der Waals surface area contributed by atoms with Crippen LogP contribution in [0, 0.1) is 23.2 Å². The van der Waals surface area contributed by atoms with Crippen LogP contribution in [-0.4, -0.2) is 60.8 Å². The number of imidazole rings is 1. The van der Waals surface area contributed by atoms with Gasteiger partial charge < -0.3 is 25.3 Å². The predicted molar refractivity (Wildman–Crippen MR) is 103 cm³/mol. The second-order valence-electron chi connectivity index (χ2n) is 7.55. The minimum absolute atomic E-state index is 0.119. The van der Waals surface area contributed by atoms with Crippen molar-refractivity contribution in [3.63, 3.8) is 0 Å². The van der Waals surface area contributed by atoms with E-state index in [0.29, 0.717) is 29.2 Å². The summed E-state index contributed by atoms with van der Waals surface area (Å²) in [6.45, 7) is 0. The fraction of sp³-hybridized carbons (Fsp3) is 0.421. The highest BCUT2D eigenvalue weighted by molar-refractivity contribution is 5.88. The first-order valence-corrected chi connectivity index (χ1v) is 9.40. The standard InChI is InChI=1S/C19H19N7O4/c1-20-14-13-15(25-12(24-14)4-3-11-7-22-9-30-11)26(8-23-13)19(29)6-10-5-18(10,16(19)27)17(28)21-2/h7-10,16,27,29H,5-6H2,1-2H3,(H,21,28)(H,20,24,25)/t10?,16-,18?,19-/m1/s1. The van der Waals surface area contributed by atoms with Gasteiger partial charge in [0.2, 0.25) is 11.7 Å². The molecule has 3 aromatic heterocycles. The molecular weight excluding hydrogens is 390 g/mol. The Morgan fingerprint density at radius 2 is 2.17 bits per heavy atom. The van der Waals surface area contributed by atoms with E-state index in [2.05, 4.69) is 42.4 Å². The van der Waals surface area contributed by atoms with Crippen molar-refractivity contribution in [2.24, 2.45) is 11.3 Å². The number of aliphatic hydroxyl groups is 2. The van der Waals surface area contributed by atoms with Crippen LogP contribution >= 0.6 is 0 Å². The molecule has 2 fully saturated rings. The predicted octanol–water partition coefficient (Wildman–Crippen LogP) is -0.582. The highest BCUT2D eigenvalue weighted by Crippen LogP contribution is 2.68. The summed E-state index contributed by atoms with van der Waals surface area (Å²) in [4.78, 5) is 29.3. The average Bonchev–Trinajstić information content (AvgIpc) is 3.11. The molecule has 0 aromatic carbocycles. The SMILES string of the molecule is CNC(=O)C12CC1C[C@](O)(n1cnc3c(NC)nc(C#Cc4cnco4)nc31)[C@@H]2O. The molecule has 2 aliphatic rings. The molecule has 2 aliphatic carbocycles. The molecule has 2 unspecified atom stereocenters. The summed E-state index contributed by atoms with van der Waals surface area (Å²) in [5, 5.41) is 28.0. The second kappa shape index (κ2) is 6.25. The zero-order valence-corrected chi connectivity index (χ0v) is 16.2. The third kappa shape index (κ3) is 2.38. The molecule has 0 radical (unpaired) electrons. The van der Waals surface area contributed by atoms with Gasteiger partial charge in [-0.05, 0) is 24.2 Å². The van der Waals surface area contributed by atoms with Gasteiger partial charge in [-0.25, -0.2) is 19.9 Å². The second-order valence-corrected chi connectivity index (χ2v) is 7.55. The summed E-state index contributed by atoms with van der Waals surface area (Å²) in [6, 6.07) is 0. The maximum absolute atomic E-state index is 12.4. The van der Waals surface area contributed by atoms with Crippen LogP contribution in [0.15, 0.2) is 23.3 Å². The molecule has 11 heteroatoms. The summed E-state index contributed by atoms with van der Waals surface area (Å²) in [7, 11) is 3.21. The molecule has 3 aromatic rings. The van der Waals surface area contributed by atoms with Gasteiger partial charge >= 0.3 is 0 Å². The fourth-order valence-electron chi connectivity index (χ4n) is 4.50. The number of carbonyl (C=O) groups excluding carboxylic acids is 1. The number of hydrogen-bond donors (Lipinski definition) is 4. The number of fused-ring (bicyclic) bond motifs is 2. The van der Waals surface area contributed by atoms with Gasteiger partial charge in [0, 0.05) is 20.5 Å². The number of nitrogens with one attached hydrogen (secondary N) is 2. The van der Waals surface area contributed by atoms with E-state index in [0.717, 1.165) is 0 Å². The highest BCUT2D eigenvalue weighted by Gasteiger charge is 2.76. The van der Waals surface area contributed by atoms with E-state index < -0.39 is 17.2 Å². The van der Waals surface area contributed by atoms with Crippen molar-refractivity contribution >= 4 is 22.9 Å². The monoisotopic (exact) mass is 409 g/mol. The highest BCUT2D eigenvalue weighted by atomic mass is 16.4. The largest absolute Gasteiger partial charge is 0.435 e. The van der Waals surface area contributed by atoms with Gasteiger partial charge in [0.1, 0.15) is 6.10 Å². The van der Waals surface area contributed by atoms with Crippen LogP contribution in [0.2, 0.25) is 0 Å². The van der Waals surface area contributed by atoms with Gasteiger partial charge in [0.15, 0.2) is 34.9 Å². The lowest BCUT2D eigenvalue weighted by Crippen LogP contribution is -2.49. The zero-order valence-electron chi connectivity index (χ0n) is 16.2. The summed E-state index contributed by atoms with van der Waals surface area (Å²) in [5.74, 6) is 6.13. The van der Waals surface area contributed by atoms with Crippen molar-refractivity contribution in [1.82, 2.24) is 29.8 Å². The number of rotatable bonds is 3. The van der Waals surface area contributed by atoms with E-state index >= 15 is 0 Å². The normalized spacial score (nSPS) is 29.2. The van der Waals surface area contributed by atoms with Crippen LogP contribution in [0.3, 0.4) is 0 Å². The van der Waals surface area contributed by atoms with Crippen LogP contribution in [-0.2, 0) is 10.5 Å². The van der Waals surface area contributed by atoms with Crippen molar-refractivity contribution in [2.75, 3.05) is 19.4 Å². The van der Waals surface area contributed by atoms with Gasteiger partial charge in [-0.15, -0.1) is 0 Å². The molecule has 5 rings (SSSR count). The first-order chi connectivity index (χ1) is 14.4. The van der Waals surface area contributed by atoms with Gasteiger partial charge in [0.25, 0.3) is 0 Å². The quantitative estimate of drug-likeness (QED) is 0.416. The summed E-state index contributed by atoms with van der Waals surface area (Å²) < 4.78 is 6.50. The van der Waals surface area contributed by atoms with E-state index in [1.165, 1.54) is 30.5 Å². The Labute approximate surface area is 170 Å². The van der Waals surface area contributed by atoms with E-state index in [4.69, 9.17) is 4.42 Å². The maximum atomic E-state index is 12.4. The molecule has 1 amide bonds. The molecule has 0 aliphatic heterocycles. The average molecular weight is 409 g/mol. The fourth-order valence-corrected chi connectivity index (χ4v) is 4.50. The van der Waals surface area contributed by atoms with Crippen LogP contribution in [0.1, 0.15) is 24.4 Å². The lowest BCUT2D eigenvalue weighted by molar-refractivity contribution is -0.155. The first kappa shape index (κ1) is 18.5. The number of carbonyl (C=O) groups is 1. The molecule has 11 nitrogen and oxygen atoms in total. The third-order valence-corrected chi connectivity index (χ3v) is 6.05. The summed E-state index contributed by atoms with van der Waals surface area (Å²) in [5.41, 5.74) is -2.00. The van der Waals surface area contributed by atoms with E-state index in [1.807, 2.05) is 0 Å². The molecule has 0 bridgehead atoms. The molecule has 2 saturated carbocycles. The van der Waals surface area contributed by atoms with Crippen LogP contribution in [0.25, 0.3) is 11.2 Å². The Morgan fingerprint density at radius 3 is 2.87 bits per heavy atom. The van der Waals surface area contributed by atoms with E-state index in [-0.39, 0.29) is 24.1 Å². The van der Waals surface area contributed by atoms with Crippen molar-refractivity contribution in [1.29, 1.82) is 0 Å². The molecule has 4 N–H and O–H groups in total. The Balaban J connectivity index is 1.61. The van der Waals surface area contributed by atoms with Crippen molar-refractivity contribution < 1.29 is 19.4 Å². The smallest absolute Gasteiger partial charge is 0.229 e. The van der Waals surface area contributed by atoms with Crippen LogP contribution in [0.4, 0.5) is 5.82 Å². The first-order valence-electron chi connectivity index (χ1n) is 9.40. The van der Waals surface area contributed by atoms with E-state index in [9.17, 15) is 15.0 Å². The number of hydrogen-bond acceptors (Lipinski definition) is 9. The van der Waals surface area contributed by atoms with Crippen LogP contribution < -0.4 is 10.6 Å². The zero-order chi connectivity index (χ0) is 21.1. The number of aromatic nitrogens is 5. The third-order valence-electron chi connectivity index (χ3n) is 6.05. The number of anilines is 1. The minimum atomic E-state index is -1.72. The Hall–Kier alpha value is -3.49. The summed E-state index contributed by atoms with van der Waals surface area (Å²) in [6.07, 6.45) is 3.59. The Kier molecular flexibility index (Phi) is 3.86. The molecule has 154 valence electrons. The Morgan fingerprint density at radius 1 is 1.33 bits per heavy atom. The number of nitrogens with zero attached hydrogens (tertiary/aromatic N) is 5. The van der Waals surface area contributed by atoms with Crippen molar-refractivity contribution in [3.8, 4) is 11.8 Å². The topological polar surface area (TPSA) is 151 Å². The van der Waals surface area contributed by atoms with Crippen LogP contribution in [0.5, 0.6) is 0 Å². The van der Waals surface area contributed by atoms with Gasteiger partial charge in [-0.2, -0.15) is 0 Å². The van der Waals surface area contributed by atoms with Crippen molar-refractivity contribution in [2.45, 2.75) is 24.7 Å². The minimum Gasteiger partial charge on any atom is -0.435 e. The molecule has 0 saturated heterocycles. The number of aliphatic hydroxyl groups excluding tert-OH is 1. The Bertz CT molecular complexity index is 1210. The number of amides is 1. The molecule has 30 heavy (non-hydrogen) atoms. The van der Waals surface area contributed by atoms with Gasteiger partial charge in [0.05, 0.1) is 17.9 Å². The lowest BCUT2D eigenvalue weighted by atomic mass is 9.94.